The van der Waals surface area contributed by atoms with E-state index in [4.69, 9.17) is 4.74 Å². The molecule has 132 valence electrons. The van der Waals surface area contributed by atoms with Gasteiger partial charge in [0.15, 0.2) is 11.6 Å². The summed E-state index contributed by atoms with van der Waals surface area (Å²) in [7, 11) is 0. The Morgan fingerprint density at radius 3 is 2.67 bits per heavy atom. The topological polar surface area (TPSA) is 32.8 Å². The molecule has 0 aliphatic carbocycles. The minimum Gasteiger partial charge on any atom is -0.378 e. The number of amides is 1. The summed E-state index contributed by atoms with van der Waals surface area (Å²) in [6.45, 7) is 4.09. The Kier molecular flexibility index (Phi) is 5.79. The average molecular weight is 338 g/mol. The molecule has 1 unspecified atom stereocenters. The van der Waals surface area contributed by atoms with Gasteiger partial charge in [0, 0.05) is 19.6 Å². The highest BCUT2D eigenvalue weighted by Crippen LogP contribution is 2.20. The van der Waals surface area contributed by atoms with Gasteiger partial charge >= 0.3 is 0 Å². The van der Waals surface area contributed by atoms with Gasteiger partial charge in [-0.25, -0.2) is 8.78 Å². The lowest BCUT2D eigenvalue weighted by Gasteiger charge is -2.38. The first-order chi connectivity index (χ1) is 11.6. The number of halogens is 2. The SMILES string of the molecule is O=C(C1CCCCN1CCc1ccc(F)c(F)c1)N1CCOCC1. The molecule has 2 aliphatic rings. The molecule has 1 aromatic rings. The third-order valence-corrected chi connectivity index (χ3v) is 4.89. The van der Waals surface area contributed by atoms with Crippen molar-refractivity contribution >= 4 is 5.91 Å². The van der Waals surface area contributed by atoms with E-state index in [9.17, 15) is 13.6 Å². The average Bonchev–Trinajstić information content (AvgIpc) is 2.63. The van der Waals surface area contributed by atoms with Crippen LogP contribution in [0.4, 0.5) is 8.78 Å². The lowest BCUT2D eigenvalue weighted by atomic mass is 9.99. The number of likely N-dealkylation sites (tertiary alicyclic amines) is 1. The van der Waals surface area contributed by atoms with Crippen LogP contribution in [0.5, 0.6) is 0 Å². The summed E-state index contributed by atoms with van der Waals surface area (Å²) in [6, 6.07) is 3.93. The molecule has 2 saturated heterocycles. The van der Waals surface area contributed by atoms with Gasteiger partial charge in [-0.05, 0) is 43.5 Å². The molecule has 0 N–H and O–H groups in total. The van der Waals surface area contributed by atoms with Crippen LogP contribution in [-0.2, 0) is 16.0 Å². The van der Waals surface area contributed by atoms with E-state index >= 15 is 0 Å². The van der Waals surface area contributed by atoms with Crippen LogP contribution >= 0.6 is 0 Å². The molecule has 3 rings (SSSR count). The van der Waals surface area contributed by atoms with Gasteiger partial charge < -0.3 is 9.64 Å². The van der Waals surface area contributed by atoms with Gasteiger partial charge in [-0.2, -0.15) is 0 Å². The highest BCUT2D eigenvalue weighted by atomic mass is 19.2. The number of carbonyl (C=O) groups excluding carboxylic acids is 1. The third kappa shape index (κ3) is 4.11. The molecule has 0 bridgehead atoms. The number of hydrogen-bond donors (Lipinski definition) is 0. The molecule has 0 spiro atoms. The van der Waals surface area contributed by atoms with Crippen LogP contribution in [-0.4, -0.2) is 61.1 Å². The van der Waals surface area contributed by atoms with Gasteiger partial charge in [0.2, 0.25) is 5.91 Å². The van der Waals surface area contributed by atoms with Gasteiger partial charge in [-0.1, -0.05) is 12.5 Å². The Labute approximate surface area is 141 Å². The second-order valence-electron chi connectivity index (χ2n) is 6.48. The number of piperidine rings is 1. The fourth-order valence-electron chi connectivity index (χ4n) is 3.50. The summed E-state index contributed by atoms with van der Waals surface area (Å²) in [5.41, 5.74) is 0.761. The van der Waals surface area contributed by atoms with Crippen molar-refractivity contribution in [2.75, 3.05) is 39.4 Å². The van der Waals surface area contributed by atoms with Crippen LogP contribution in [0, 0.1) is 11.6 Å². The number of nitrogens with zero attached hydrogens (tertiary/aromatic N) is 2. The largest absolute Gasteiger partial charge is 0.378 e. The van der Waals surface area contributed by atoms with Gasteiger partial charge in [0.1, 0.15) is 0 Å². The van der Waals surface area contributed by atoms with E-state index in [1.807, 2.05) is 4.90 Å². The quantitative estimate of drug-likeness (QED) is 0.844. The summed E-state index contributed by atoms with van der Waals surface area (Å²) in [4.78, 5) is 16.9. The van der Waals surface area contributed by atoms with Crippen molar-refractivity contribution < 1.29 is 18.3 Å². The molecule has 0 aromatic heterocycles. The number of morpholine rings is 1. The summed E-state index contributed by atoms with van der Waals surface area (Å²) < 4.78 is 31.7. The monoisotopic (exact) mass is 338 g/mol. The summed E-state index contributed by atoms with van der Waals surface area (Å²) >= 11 is 0. The molecular weight excluding hydrogens is 314 g/mol. The maximum Gasteiger partial charge on any atom is 0.240 e. The molecule has 6 heteroatoms. The summed E-state index contributed by atoms with van der Waals surface area (Å²) in [5.74, 6) is -1.45. The van der Waals surface area contributed by atoms with Gasteiger partial charge in [0.05, 0.1) is 19.3 Å². The van der Waals surface area contributed by atoms with Crippen molar-refractivity contribution in [2.24, 2.45) is 0 Å². The predicted octanol–water partition coefficient (Wildman–Crippen LogP) is 2.22. The van der Waals surface area contributed by atoms with Crippen molar-refractivity contribution in [3.05, 3.63) is 35.4 Å². The fraction of sp³-hybridized carbons (Fsp3) is 0.611. The zero-order valence-corrected chi connectivity index (χ0v) is 13.8. The number of hydrogen-bond acceptors (Lipinski definition) is 3. The molecule has 0 saturated carbocycles. The molecule has 0 radical (unpaired) electrons. The van der Waals surface area contributed by atoms with E-state index in [2.05, 4.69) is 4.90 Å². The van der Waals surface area contributed by atoms with Gasteiger partial charge in [-0.3, -0.25) is 9.69 Å². The second kappa shape index (κ2) is 8.03. The highest BCUT2D eigenvalue weighted by molar-refractivity contribution is 5.82. The second-order valence-corrected chi connectivity index (χ2v) is 6.48. The number of carbonyl (C=O) groups is 1. The smallest absolute Gasteiger partial charge is 0.240 e. The minimum atomic E-state index is -0.822. The number of rotatable bonds is 4. The fourth-order valence-corrected chi connectivity index (χ4v) is 3.50. The van der Waals surface area contributed by atoms with Crippen molar-refractivity contribution in [1.29, 1.82) is 0 Å². The zero-order valence-electron chi connectivity index (χ0n) is 13.8. The Balaban J connectivity index is 1.61. The van der Waals surface area contributed by atoms with Crippen LogP contribution in [0.15, 0.2) is 18.2 Å². The van der Waals surface area contributed by atoms with Crippen LogP contribution in [0.3, 0.4) is 0 Å². The Morgan fingerprint density at radius 1 is 1.12 bits per heavy atom. The summed E-state index contributed by atoms with van der Waals surface area (Å²) in [5, 5.41) is 0. The Morgan fingerprint density at radius 2 is 1.92 bits per heavy atom. The van der Waals surface area contributed by atoms with E-state index < -0.39 is 11.6 Å². The number of ether oxygens (including phenoxy) is 1. The zero-order chi connectivity index (χ0) is 16.9. The van der Waals surface area contributed by atoms with Gasteiger partial charge in [-0.15, -0.1) is 0 Å². The summed E-state index contributed by atoms with van der Waals surface area (Å²) in [6.07, 6.45) is 3.62. The number of benzene rings is 1. The third-order valence-electron chi connectivity index (χ3n) is 4.89. The lowest BCUT2D eigenvalue weighted by molar-refractivity contribution is -0.142. The van der Waals surface area contributed by atoms with Crippen molar-refractivity contribution in [3.63, 3.8) is 0 Å². The Hall–Kier alpha value is -1.53. The molecule has 1 atom stereocenters. The molecule has 1 aromatic carbocycles. The van der Waals surface area contributed by atoms with Crippen LogP contribution < -0.4 is 0 Å². The van der Waals surface area contributed by atoms with E-state index in [1.165, 1.54) is 6.07 Å². The van der Waals surface area contributed by atoms with E-state index in [0.717, 1.165) is 37.4 Å². The maximum absolute atomic E-state index is 13.3. The normalized spacial score (nSPS) is 22.6. The van der Waals surface area contributed by atoms with E-state index in [1.54, 1.807) is 6.07 Å². The molecule has 1 amide bonds. The molecule has 4 nitrogen and oxygen atoms in total. The van der Waals surface area contributed by atoms with Crippen LogP contribution in [0.2, 0.25) is 0 Å². The van der Waals surface area contributed by atoms with Crippen molar-refractivity contribution in [2.45, 2.75) is 31.7 Å². The first-order valence-electron chi connectivity index (χ1n) is 8.69. The highest BCUT2D eigenvalue weighted by Gasteiger charge is 2.32. The van der Waals surface area contributed by atoms with Crippen LogP contribution in [0.1, 0.15) is 24.8 Å². The van der Waals surface area contributed by atoms with Crippen molar-refractivity contribution in [3.8, 4) is 0 Å². The van der Waals surface area contributed by atoms with Crippen molar-refractivity contribution in [1.82, 2.24) is 9.80 Å². The molecule has 2 aliphatic heterocycles. The first-order valence-corrected chi connectivity index (χ1v) is 8.69. The van der Waals surface area contributed by atoms with Gasteiger partial charge in [0.25, 0.3) is 0 Å². The first kappa shape index (κ1) is 17.3. The molecule has 2 heterocycles. The predicted molar refractivity (Wildman–Crippen MR) is 86.7 cm³/mol. The molecule has 24 heavy (non-hydrogen) atoms. The van der Waals surface area contributed by atoms with Crippen LogP contribution in [0.25, 0.3) is 0 Å². The molecule has 2 fully saturated rings. The lowest BCUT2D eigenvalue weighted by Crippen LogP contribution is -2.53. The maximum atomic E-state index is 13.3. The van der Waals surface area contributed by atoms with E-state index in [0.29, 0.717) is 39.3 Å². The Bertz CT molecular complexity index is 576. The standard InChI is InChI=1S/C18H24F2N2O2/c19-15-5-4-14(13-16(15)20)6-8-21-7-2-1-3-17(21)18(23)22-9-11-24-12-10-22/h4-5,13,17H,1-3,6-12H2. The minimum absolute atomic E-state index is 0.0952. The molecular formula is C18H24F2N2O2. The van der Waals surface area contributed by atoms with E-state index in [-0.39, 0.29) is 11.9 Å².